The van der Waals surface area contributed by atoms with Crippen molar-refractivity contribution in [2.45, 2.75) is 0 Å². The van der Waals surface area contributed by atoms with Crippen molar-refractivity contribution in [3.05, 3.63) is 48.5 Å². The lowest BCUT2D eigenvalue weighted by Gasteiger charge is -2.04. The minimum atomic E-state index is -3.53. The number of nitrogens with zero attached hydrogens (tertiary/aromatic N) is 1. The van der Waals surface area contributed by atoms with Crippen LogP contribution in [-0.4, -0.2) is 18.6 Å². The van der Waals surface area contributed by atoms with Gasteiger partial charge in [0.25, 0.3) is 10.0 Å². The van der Waals surface area contributed by atoms with Crippen LogP contribution >= 0.6 is 0 Å². The second-order valence-electron chi connectivity index (χ2n) is 3.34. The van der Waals surface area contributed by atoms with Gasteiger partial charge in [-0.1, -0.05) is 36.9 Å². The van der Waals surface area contributed by atoms with Gasteiger partial charge >= 0.3 is 0 Å². The van der Waals surface area contributed by atoms with E-state index in [1.807, 2.05) is 30.3 Å². The SMILES string of the molecule is C=CS(=O)(=O)Nc1[nH]ncc1-c1ccccc1. The largest absolute Gasteiger partial charge is 0.264 e. The van der Waals surface area contributed by atoms with E-state index in [0.29, 0.717) is 11.4 Å². The van der Waals surface area contributed by atoms with E-state index in [9.17, 15) is 8.42 Å². The molecule has 1 aromatic carbocycles. The molecule has 0 saturated carbocycles. The second kappa shape index (κ2) is 4.42. The van der Waals surface area contributed by atoms with Crippen LogP contribution in [-0.2, 0) is 10.0 Å². The van der Waals surface area contributed by atoms with Crippen LogP contribution in [0.25, 0.3) is 11.1 Å². The third-order valence-corrected chi connectivity index (χ3v) is 3.12. The van der Waals surface area contributed by atoms with Gasteiger partial charge < -0.3 is 0 Å². The van der Waals surface area contributed by atoms with Gasteiger partial charge in [0, 0.05) is 11.0 Å². The Morgan fingerprint density at radius 1 is 1.29 bits per heavy atom. The molecule has 0 saturated heterocycles. The normalized spacial score (nSPS) is 11.1. The standard InChI is InChI=1S/C11H11N3O2S/c1-2-17(15,16)14-11-10(8-12-13-11)9-6-4-3-5-7-9/h2-8H,1H2,(H2,12,13,14). The van der Waals surface area contributed by atoms with Crippen LogP contribution in [0.1, 0.15) is 0 Å². The highest BCUT2D eigenvalue weighted by Crippen LogP contribution is 2.25. The Morgan fingerprint density at radius 3 is 2.65 bits per heavy atom. The molecule has 0 unspecified atom stereocenters. The molecule has 1 aromatic heterocycles. The van der Waals surface area contributed by atoms with Gasteiger partial charge in [-0.3, -0.25) is 9.82 Å². The maximum Gasteiger partial charge on any atom is 0.255 e. The highest BCUT2D eigenvalue weighted by atomic mass is 32.2. The Labute approximate surface area is 99.2 Å². The summed E-state index contributed by atoms with van der Waals surface area (Å²) < 4.78 is 25.1. The molecule has 17 heavy (non-hydrogen) atoms. The molecule has 0 spiro atoms. The number of sulfonamides is 1. The van der Waals surface area contributed by atoms with E-state index in [0.717, 1.165) is 11.0 Å². The summed E-state index contributed by atoms with van der Waals surface area (Å²) >= 11 is 0. The molecule has 0 atom stereocenters. The van der Waals surface area contributed by atoms with E-state index in [-0.39, 0.29) is 0 Å². The first-order valence-electron chi connectivity index (χ1n) is 4.86. The molecule has 6 heteroatoms. The topological polar surface area (TPSA) is 74.8 Å². The zero-order chi connectivity index (χ0) is 12.3. The zero-order valence-corrected chi connectivity index (χ0v) is 9.74. The van der Waals surface area contributed by atoms with Crippen molar-refractivity contribution >= 4 is 15.8 Å². The fraction of sp³-hybridized carbons (Fsp3) is 0. The van der Waals surface area contributed by atoms with Crippen LogP contribution in [0.2, 0.25) is 0 Å². The van der Waals surface area contributed by atoms with Gasteiger partial charge in [-0.2, -0.15) is 5.10 Å². The Balaban J connectivity index is 2.40. The van der Waals surface area contributed by atoms with Gasteiger partial charge in [-0.15, -0.1) is 0 Å². The minimum absolute atomic E-state index is 0.330. The molecular formula is C11H11N3O2S. The Bertz CT molecular complexity index is 617. The molecule has 2 N–H and O–H groups in total. The summed E-state index contributed by atoms with van der Waals surface area (Å²) in [5, 5.41) is 7.29. The highest BCUT2D eigenvalue weighted by Gasteiger charge is 2.11. The summed E-state index contributed by atoms with van der Waals surface area (Å²) in [5.41, 5.74) is 1.57. The summed E-state index contributed by atoms with van der Waals surface area (Å²) in [7, 11) is -3.53. The molecule has 0 aliphatic carbocycles. The maximum atomic E-state index is 11.4. The summed E-state index contributed by atoms with van der Waals surface area (Å²) in [4.78, 5) is 0. The molecule has 0 bridgehead atoms. The Kier molecular flexibility index (Phi) is 2.97. The maximum absolute atomic E-state index is 11.4. The van der Waals surface area contributed by atoms with E-state index >= 15 is 0 Å². The zero-order valence-electron chi connectivity index (χ0n) is 8.92. The number of H-pyrrole nitrogens is 1. The first-order chi connectivity index (χ1) is 8.12. The van der Waals surface area contributed by atoms with Crippen molar-refractivity contribution < 1.29 is 8.42 Å². The van der Waals surface area contributed by atoms with E-state index in [1.165, 1.54) is 0 Å². The Morgan fingerprint density at radius 2 is 2.00 bits per heavy atom. The number of aromatic nitrogens is 2. The molecule has 0 amide bonds. The van der Waals surface area contributed by atoms with Crippen molar-refractivity contribution in [1.29, 1.82) is 0 Å². The molecule has 2 rings (SSSR count). The van der Waals surface area contributed by atoms with E-state index in [2.05, 4.69) is 21.5 Å². The minimum Gasteiger partial charge on any atom is -0.264 e. The number of rotatable bonds is 4. The van der Waals surface area contributed by atoms with Gasteiger partial charge in [-0.25, -0.2) is 8.42 Å². The molecule has 0 aliphatic heterocycles. The fourth-order valence-electron chi connectivity index (χ4n) is 1.38. The van der Waals surface area contributed by atoms with Crippen molar-refractivity contribution in [3.63, 3.8) is 0 Å². The fourth-order valence-corrected chi connectivity index (χ4v) is 1.91. The highest BCUT2D eigenvalue weighted by molar-refractivity contribution is 7.95. The van der Waals surface area contributed by atoms with Gasteiger partial charge in [0.05, 0.1) is 6.20 Å². The average Bonchev–Trinajstić information content (AvgIpc) is 2.77. The number of nitrogens with one attached hydrogen (secondary N) is 2. The smallest absolute Gasteiger partial charge is 0.255 e. The van der Waals surface area contributed by atoms with Crippen molar-refractivity contribution in [2.75, 3.05) is 4.72 Å². The van der Waals surface area contributed by atoms with Gasteiger partial charge in [0.2, 0.25) is 0 Å². The number of hydrogen-bond acceptors (Lipinski definition) is 3. The molecular weight excluding hydrogens is 238 g/mol. The monoisotopic (exact) mass is 249 g/mol. The number of anilines is 1. The molecule has 1 heterocycles. The Hall–Kier alpha value is -2.08. The number of hydrogen-bond donors (Lipinski definition) is 2. The molecule has 88 valence electrons. The average molecular weight is 249 g/mol. The van der Waals surface area contributed by atoms with Crippen molar-refractivity contribution in [2.24, 2.45) is 0 Å². The number of aromatic amines is 1. The van der Waals surface area contributed by atoms with Crippen LogP contribution in [0, 0.1) is 0 Å². The number of benzene rings is 1. The van der Waals surface area contributed by atoms with Crippen LogP contribution in [0.4, 0.5) is 5.82 Å². The van der Waals surface area contributed by atoms with E-state index in [1.54, 1.807) is 6.20 Å². The van der Waals surface area contributed by atoms with Gasteiger partial charge in [0.15, 0.2) is 0 Å². The van der Waals surface area contributed by atoms with E-state index < -0.39 is 10.0 Å². The summed E-state index contributed by atoms with van der Waals surface area (Å²) in [6, 6.07) is 9.37. The van der Waals surface area contributed by atoms with E-state index in [4.69, 9.17) is 0 Å². The van der Waals surface area contributed by atoms with Gasteiger partial charge in [0.1, 0.15) is 5.82 Å². The summed E-state index contributed by atoms with van der Waals surface area (Å²) in [6.07, 6.45) is 1.57. The van der Waals surface area contributed by atoms with Crippen molar-refractivity contribution in [1.82, 2.24) is 10.2 Å². The first kappa shape index (κ1) is 11.4. The van der Waals surface area contributed by atoms with Crippen LogP contribution in [0.5, 0.6) is 0 Å². The molecule has 0 fully saturated rings. The summed E-state index contributed by atoms with van der Waals surface area (Å²) in [6.45, 7) is 3.23. The van der Waals surface area contributed by atoms with Crippen LogP contribution in [0.3, 0.4) is 0 Å². The molecule has 0 radical (unpaired) electrons. The molecule has 5 nitrogen and oxygen atoms in total. The third-order valence-electron chi connectivity index (χ3n) is 2.19. The second-order valence-corrected chi connectivity index (χ2v) is 4.97. The van der Waals surface area contributed by atoms with Crippen LogP contribution in [0.15, 0.2) is 48.5 Å². The lowest BCUT2D eigenvalue weighted by Crippen LogP contribution is -2.09. The lowest BCUT2D eigenvalue weighted by atomic mass is 10.1. The quantitative estimate of drug-likeness (QED) is 0.869. The third kappa shape index (κ3) is 2.54. The molecule has 0 aliphatic rings. The summed E-state index contributed by atoms with van der Waals surface area (Å²) in [5.74, 6) is 0.330. The predicted molar refractivity (Wildman–Crippen MR) is 66.8 cm³/mol. The molecule has 2 aromatic rings. The first-order valence-corrected chi connectivity index (χ1v) is 6.41. The van der Waals surface area contributed by atoms with Crippen molar-refractivity contribution in [3.8, 4) is 11.1 Å². The van der Waals surface area contributed by atoms with Gasteiger partial charge in [-0.05, 0) is 5.56 Å². The predicted octanol–water partition coefficient (Wildman–Crippen LogP) is 1.96. The van der Waals surface area contributed by atoms with Crippen LogP contribution < -0.4 is 4.72 Å². The lowest BCUT2D eigenvalue weighted by molar-refractivity contribution is 0.609.